The van der Waals surface area contributed by atoms with Gasteiger partial charge in [0.2, 0.25) is 0 Å². The second-order valence-electron chi connectivity index (χ2n) is 4.06. The maximum Gasteiger partial charge on any atom is 0.164 e. The maximum absolute atomic E-state index is 11.4. The molecule has 0 saturated heterocycles. The van der Waals surface area contributed by atoms with Gasteiger partial charge in [-0.25, -0.2) is 0 Å². The Morgan fingerprint density at radius 1 is 1.43 bits per heavy atom. The first kappa shape index (κ1) is 16.3. The van der Waals surface area contributed by atoms with Crippen LogP contribution in [0.2, 0.25) is 0 Å². The van der Waals surface area contributed by atoms with Crippen LogP contribution in [0.1, 0.15) is 27.7 Å². The molecule has 0 amide bonds. The Morgan fingerprint density at radius 2 is 1.86 bits per heavy atom. The number of aliphatic hydroxyl groups is 1. The maximum atomic E-state index is 11.4. The van der Waals surface area contributed by atoms with Gasteiger partial charge in [0.25, 0.3) is 0 Å². The molecule has 0 aliphatic rings. The Labute approximate surface area is 100 Å². The summed E-state index contributed by atoms with van der Waals surface area (Å²) in [5.74, 6) is -0.128. The van der Waals surface area contributed by atoms with Gasteiger partial charge >= 0.3 is 0 Å². The van der Waals surface area contributed by atoms with Gasteiger partial charge in [-0.3, -0.25) is 4.79 Å². The molecular weight excluding hydrogens is 216 g/mol. The molecule has 0 radical (unpaired) electrons. The van der Waals surface area contributed by atoms with Gasteiger partial charge in [0.05, 0.1) is 0 Å². The van der Waals surface area contributed by atoms with Crippen molar-refractivity contribution in [2.75, 3.05) is 7.11 Å². The fourth-order valence-electron chi connectivity index (χ4n) is 0.589. The molecule has 0 spiro atoms. The molecule has 80 valence electrons. The normalized spacial score (nSPS) is 14.5. The Bertz CT molecular complexity index is 216. The van der Waals surface area contributed by atoms with Crippen LogP contribution in [0.3, 0.4) is 0 Å². The van der Waals surface area contributed by atoms with E-state index in [0.29, 0.717) is 0 Å². The minimum atomic E-state index is -0.457. The third-order valence-corrected chi connectivity index (χ3v) is 1.79. The summed E-state index contributed by atoms with van der Waals surface area (Å²) in [4.78, 5) is 11.4. The Hall–Kier alpha value is -0.116. The molecule has 1 unspecified atom stereocenters. The molecule has 1 N–H and O–H groups in total. The van der Waals surface area contributed by atoms with Crippen LogP contribution >= 0.6 is 0 Å². The summed E-state index contributed by atoms with van der Waals surface area (Å²) < 4.78 is 4.85. The number of ether oxygens (including phenoxy) is 1. The van der Waals surface area contributed by atoms with Crippen molar-refractivity contribution in [1.29, 1.82) is 0 Å². The number of rotatable bonds is 3. The van der Waals surface area contributed by atoms with Crippen LogP contribution < -0.4 is 0 Å². The van der Waals surface area contributed by atoms with E-state index in [1.54, 1.807) is 27.7 Å². The van der Waals surface area contributed by atoms with E-state index in [0.717, 1.165) is 0 Å². The van der Waals surface area contributed by atoms with Crippen LogP contribution in [0.15, 0.2) is 11.8 Å². The number of hydrogen-bond acceptors (Lipinski definition) is 3. The zero-order valence-corrected chi connectivity index (χ0v) is 11.0. The number of allylic oxidation sites excluding steroid dienone is 1. The second kappa shape index (κ2) is 6.38. The first-order chi connectivity index (χ1) is 5.79. The molecule has 0 heterocycles. The van der Waals surface area contributed by atoms with E-state index >= 15 is 0 Å². The summed E-state index contributed by atoms with van der Waals surface area (Å²) in [5.41, 5.74) is -0.457. The van der Waals surface area contributed by atoms with Crippen molar-refractivity contribution in [1.82, 2.24) is 0 Å². The molecule has 1 atom stereocenters. The van der Waals surface area contributed by atoms with Crippen LogP contribution in [0.25, 0.3) is 0 Å². The van der Waals surface area contributed by atoms with Gasteiger partial charge in [-0.1, -0.05) is 20.8 Å². The summed E-state index contributed by atoms with van der Waals surface area (Å²) >= 11 is 0. The van der Waals surface area contributed by atoms with E-state index in [1.807, 2.05) is 0 Å². The van der Waals surface area contributed by atoms with E-state index in [2.05, 4.69) is 0 Å². The molecule has 0 aromatic rings. The monoisotopic (exact) mass is 234 g/mol. The molecule has 0 aliphatic carbocycles. The molecule has 0 saturated carbocycles. The molecule has 14 heavy (non-hydrogen) atoms. The number of ketones is 1. The Morgan fingerprint density at radius 3 is 2.14 bits per heavy atom. The summed E-state index contributed by atoms with van der Waals surface area (Å²) in [6.07, 6.45) is 0.806. The van der Waals surface area contributed by atoms with Gasteiger partial charge in [0.1, 0.15) is 11.9 Å². The molecule has 0 aromatic carbocycles. The standard InChI is InChI=1S/C10H18O3.Ti/c1-7(13-5)8(11)6-9(12)10(2,3)4;/h6-7,11H,1-5H3;/b8-6-;. The predicted octanol–water partition coefficient (Wildman–Crippen LogP) is 2.08. The van der Waals surface area contributed by atoms with Crippen molar-refractivity contribution in [2.24, 2.45) is 5.41 Å². The van der Waals surface area contributed by atoms with Crippen molar-refractivity contribution in [3.05, 3.63) is 11.8 Å². The van der Waals surface area contributed by atoms with Gasteiger partial charge in [-0.05, 0) is 6.92 Å². The Balaban J connectivity index is 0. The predicted molar refractivity (Wildman–Crippen MR) is 51.6 cm³/mol. The van der Waals surface area contributed by atoms with Crippen molar-refractivity contribution in [3.8, 4) is 0 Å². The zero-order chi connectivity index (χ0) is 10.6. The first-order valence-electron chi connectivity index (χ1n) is 4.27. The zero-order valence-electron chi connectivity index (χ0n) is 9.42. The molecule has 0 aliphatic heterocycles. The molecular formula is C10H18O3Ti. The van der Waals surface area contributed by atoms with E-state index < -0.39 is 11.5 Å². The van der Waals surface area contributed by atoms with Crippen LogP contribution in [0.4, 0.5) is 0 Å². The van der Waals surface area contributed by atoms with E-state index in [1.165, 1.54) is 13.2 Å². The topological polar surface area (TPSA) is 46.5 Å². The van der Waals surface area contributed by atoms with Crippen molar-refractivity contribution >= 4 is 5.78 Å². The van der Waals surface area contributed by atoms with E-state index in [-0.39, 0.29) is 33.3 Å². The van der Waals surface area contributed by atoms with Gasteiger partial charge in [-0.2, -0.15) is 0 Å². The Kier molecular flexibility index (Phi) is 7.44. The first-order valence-corrected chi connectivity index (χ1v) is 4.27. The van der Waals surface area contributed by atoms with Crippen molar-refractivity contribution in [3.63, 3.8) is 0 Å². The van der Waals surface area contributed by atoms with Gasteiger partial charge in [-0.15, -0.1) is 0 Å². The number of methoxy groups -OCH3 is 1. The average molecular weight is 234 g/mol. The third kappa shape index (κ3) is 5.58. The van der Waals surface area contributed by atoms with E-state index in [9.17, 15) is 9.90 Å². The summed E-state index contributed by atoms with van der Waals surface area (Å²) in [5, 5.41) is 9.37. The van der Waals surface area contributed by atoms with Gasteiger partial charge in [0, 0.05) is 40.3 Å². The summed E-state index contributed by atoms with van der Waals surface area (Å²) in [7, 11) is 1.48. The third-order valence-electron chi connectivity index (χ3n) is 1.79. The summed E-state index contributed by atoms with van der Waals surface area (Å²) in [6.45, 7) is 7.09. The van der Waals surface area contributed by atoms with Crippen LogP contribution in [0.5, 0.6) is 0 Å². The molecule has 0 bridgehead atoms. The minimum absolute atomic E-state index is 0. The van der Waals surface area contributed by atoms with Crippen LogP contribution in [-0.4, -0.2) is 24.1 Å². The van der Waals surface area contributed by atoms with Crippen LogP contribution in [0, 0.1) is 5.41 Å². The van der Waals surface area contributed by atoms with Crippen molar-refractivity contribution < 1.29 is 36.4 Å². The SMILES string of the molecule is COC(C)/C(O)=C/C(=O)C(C)(C)C.[Ti]. The molecule has 0 rings (SSSR count). The average Bonchev–Trinajstić information content (AvgIpc) is 2.01. The smallest absolute Gasteiger partial charge is 0.164 e. The van der Waals surface area contributed by atoms with Crippen molar-refractivity contribution in [2.45, 2.75) is 33.8 Å². The van der Waals surface area contributed by atoms with Gasteiger partial charge < -0.3 is 9.84 Å². The minimum Gasteiger partial charge on any atom is -0.509 e. The molecule has 0 fully saturated rings. The molecule has 3 nitrogen and oxygen atoms in total. The van der Waals surface area contributed by atoms with Crippen LogP contribution in [-0.2, 0) is 31.2 Å². The fourth-order valence-corrected chi connectivity index (χ4v) is 0.589. The molecule has 0 aromatic heterocycles. The fraction of sp³-hybridized carbons (Fsp3) is 0.700. The second-order valence-corrected chi connectivity index (χ2v) is 4.06. The number of hydrogen-bond donors (Lipinski definition) is 1. The largest absolute Gasteiger partial charge is 0.509 e. The number of carbonyl (C=O) groups excluding carboxylic acids is 1. The van der Waals surface area contributed by atoms with Gasteiger partial charge in [0.15, 0.2) is 5.78 Å². The number of carbonyl (C=O) groups is 1. The molecule has 4 heteroatoms. The summed E-state index contributed by atoms with van der Waals surface area (Å²) in [6, 6.07) is 0. The number of aliphatic hydroxyl groups excluding tert-OH is 1. The quantitative estimate of drug-likeness (QED) is 0.462. The van der Waals surface area contributed by atoms with E-state index in [4.69, 9.17) is 4.74 Å².